The molecule has 1 aliphatic rings. The predicted octanol–water partition coefficient (Wildman–Crippen LogP) is 0.882. The molecule has 2 heterocycles. The molecule has 0 saturated carbocycles. The molecular weight excluding hydrogens is 252 g/mol. The molecule has 8 heteroatoms. The number of rotatable bonds is 3. The zero-order valence-corrected chi connectivity index (χ0v) is 10.00. The van der Waals surface area contributed by atoms with Gasteiger partial charge in [0.1, 0.15) is 5.82 Å². The molecule has 16 heavy (non-hydrogen) atoms. The van der Waals surface area contributed by atoms with Gasteiger partial charge in [-0.2, -0.15) is 17.7 Å². The maximum absolute atomic E-state index is 11.8. The molecule has 0 amide bonds. The fourth-order valence-corrected chi connectivity index (χ4v) is 2.91. The normalized spacial score (nSPS) is 17.6. The van der Waals surface area contributed by atoms with Gasteiger partial charge in [0.25, 0.3) is 0 Å². The van der Waals surface area contributed by atoms with E-state index in [2.05, 4.69) is 14.7 Å². The topological polar surface area (TPSA) is 75.2 Å². The smallest absolute Gasteiger partial charge is 0.254 e. The average Bonchev–Trinajstić information content (AvgIpc) is 2.69. The molecule has 1 aliphatic heterocycles. The third-order valence-electron chi connectivity index (χ3n) is 2.26. The highest BCUT2D eigenvalue weighted by molar-refractivity contribution is 7.90. The molecule has 88 valence electrons. The lowest BCUT2D eigenvalue weighted by molar-refractivity contribution is 0.482. The molecule has 2 rings (SSSR count). The lowest BCUT2D eigenvalue weighted by Crippen LogP contribution is -2.33. The van der Waals surface area contributed by atoms with Crippen LogP contribution in [0.3, 0.4) is 0 Å². The Labute approximate surface area is 98.8 Å². The van der Waals surface area contributed by atoms with Crippen LogP contribution < -0.4 is 4.72 Å². The van der Waals surface area contributed by atoms with Gasteiger partial charge in [0.15, 0.2) is 0 Å². The summed E-state index contributed by atoms with van der Waals surface area (Å²) in [5.41, 5.74) is 0. The second-order valence-electron chi connectivity index (χ2n) is 3.42. The van der Waals surface area contributed by atoms with Gasteiger partial charge < -0.3 is 0 Å². The van der Waals surface area contributed by atoms with Crippen molar-refractivity contribution in [2.45, 2.75) is 12.8 Å². The third kappa shape index (κ3) is 2.60. The van der Waals surface area contributed by atoms with Crippen LogP contribution in [-0.2, 0) is 10.2 Å². The van der Waals surface area contributed by atoms with Gasteiger partial charge in [-0.3, -0.25) is 4.72 Å². The number of anilines is 1. The number of halogens is 1. The molecule has 1 aromatic rings. The van der Waals surface area contributed by atoms with E-state index in [4.69, 9.17) is 11.6 Å². The van der Waals surface area contributed by atoms with E-state index in [1.54, 1.807) is 0 Å². The summed E-state index contributed by atoms with van der Waals surface area (Å²) in [5.74, 6) is 0.187. The number of nitrogens with zero attached hydrogens (tertiary/aromatic N) is 3. The lowest BCUT2D eigenvalue weighted by atomic mass is 10.4. The van der Waals surface area contributed by atoms with E-state index in [1.165, 1.54) is 16.6 Å². The molecule has 1 fully saturated rings. The quantitative estimate of drug-likeness (QED) is 0.821. The van der Waals surface area contributed by atoms with Gasteiger partial charge in [0, 0.05) is 19.3 Å². The summed E-state index contributed by atoms with van der Waals surface area (Å²) in [6, 6.07) is 1.46. The zero-order chi connectivity index (χ0) is 11.6. The first-order chi connectivity index (χ1) is 7.58. The SMILES string of the molecule is O=S(=O)(Nc1ccnc(Cl)n1)N1CCCC1. The van der Waals surface area contributed by atoms with Crippen molar-refractivity contribution in [2.24, 2.45) is 0 Å². The number of aromatic nitrogens is 2. The fourth-order valence-electron chi connectivity index (χ4n) is 1.52. The van der Waals surface area contributed by atoms with Crippen molar-refractivity contribution < 1.29 is 8.42 Å². The van der Waals surface area contributed by atoms with Crippen molar-refractivity contribution >= 4 is 27.6 Å². The first-order valence-corrected chi connectivity index (χ1v) is 6.66. The number of hydrogen-bond acceptors (Lipinski definition) is 4. The summed E-state index contributed by atoms with van der Waals surface area (Å²) in [6.07, 6.45) is 3.19. The summed E-state index contributed by atoms with van der Waals surface area (Å²) >= 11 is 5.56. The minimum Gasteiger partial charge on any atom is -0.254 e. The molecule has 0 bridgehead atoms. The van der Waals surface area contributed by atoms with Crippen LogP contribution >= 0.6 is 11.6 Å². The molecule has 1 N–H and O–H groups in total. The summed E-state index contributed by atoms with van der Waals surface area (Å²) in [6.45, 7) is 1.10. The van der Waals surface area contributed by atoms with Crippen LogP contribution in [-0.4, -0.2) is 35.8 Å². The van der Waals surface area contributed by atoms with Crippen molar-refractivity contribution in [3.63, 3.8) is 0 Å². The van der Waals surface area contributed by atoms with Gasteiger partial charge in [-0.15, -0.1) is 0 Å². The second kappa shape index (κ2) is 4.52. The predicted molar refractivity (Wildman–Crippen MR) is 60.4 cm³/mol. The van der Waals surface area contributed by atoms with Crippen LogP contribution in [0.25, 0.3) is 0 Å². The molecule has 1 aromatic heterocycles. The standard InChI is InChI=1S/C8H11ClN4O2S/c9-8-10-4-3-7(11-8)12-16(14,15)13-5-1-2-6-13/h3-4H,1-2,5-6H2,(H,10,11,12). The molecule has 0 aliphatic carbocycles. The minimum atomic E-state index is -3.50. The highest BCUT2D eigenvalue weighted by atomic mass is 35.5. The maximum Gasteiger partial charge on any atom is 0.302 e. The Morgan fingerprint density at radius 1 is 1.38 bits per heavy atom. The number of hydrogen-bond donors (Lipinski definition) is 1. The molecule has 0 unspecified atom stereocenters. The Hall–Kier alpha value is -0.920. The van der Waals surface area contributed by atoms with Crippen LogP contribution in [0.15, 0.2) is 12.3 Å². The molecule has 6 nitrogen and oxygen atoms in total. The van der Waals surface area contributed by atoms with Crippen molar-refractivity contribution in [2.75, 3.05) is 17.8 Å². The maximum atomic E-state index is 11.8. The van der Waals surface area contributed by atoms with Crippen molar-refractivity contribution in [1.29, 1.82) is 0 Å². The summed E-state index contributed by atoms with van der Waals surface area (Å²) < 4.78 is 27.4. The third-order valence-corrected chi connectivity index (χ3v) is 3.96. The van der Waals surface area contributed by atoms with E-state index in [-0.39, 0.29) is 11.1 Å². The van der Waals surface area contributed by atoms with Crippen molar-refractivity contribution in [3.8, 4) is 0 Å². The van der Waals surface area contributed by atoms with Gasteiger partial charge >= 0.3 is 10.2 Å². The molecular formula is C8H11ClN4O2S. The lowest BCUT2D eigenvalue weighted by Gasteiger charge is -2.15. The fraction of sp³-hybridized carbons (Fsp3) is 0.500. The van der Waals surface area contributed by atoms with Gasteiger partial charge in [0.05, 0.1) is 0 Å². The Bertz CT molecular complexity index is 473. The van der Waals surface area contributed by atoms with Gasteiger partial charge in [0.2, 0.25) is 5.28 Å². The second-order valence-corrected chi connectivity index (χ2v) is 5.43. The molecule has 0 spiro atoms. The van der Waals surface area contributed by atoms with E-state index in [0.717, 1.165) is 12.8 Å². The monoisotopic (exact) mass is 262 g/mol. The van der Waals surface area contributed by atoms with Gasteiger partial charge in [-0.1, -0.05) is 0 Å². The Balaban J connectivity index is 2.14. The highest BCUT2D eigenvalue weighted by Gasteiger charge is 2.25. The van der Waals surface area contributed by atoms with Crippen molar-refractivity contribution in [1.82, 2.24) is 14.3 Å². The zero-order valence-electron chi connectivity index (χ0n) is 8.43. The van der Waals surface area contributed by atoms with E-state index in [0.29, 0.717) is 13.1 Å². The summed E-state index contributed by atoms with van der Waals surface area (Å²) in [5, 5.41) is 0.0154. The van der Waals surface area contributed by atoms with E-state index in [9.17, 15) is 8.42 Å². The van der Waals surface area contributed by atoms with Crippen molar-refractivity contribution in [3.05, 3.63) is 17.5 Å². The van der Waals surface area contributed by atoms with E-state index >= 15 is 0 Å². The summed E-state index contributed by atoms with van der Waals surface area (Å²) in [4.78, 5) is 7.44. The Kier molecular flexibility index (Phi) is 3.27. The van der Waals surface area contributed by atoms with E-state index in [1.807, 2.05) is 0 Å². The van der Waals surface area contributed by atoms with Crippen LogP contribution in [0.5, 0.6) is 0 Å². The molecule has 1 saturated heterocycles. The summed E-state index contributed by atoms with van der Waals surface area (Å²) in [7, 11) is -3.50. The minimum absolute atomic E-state index is 0.0154. The van der Waals surface area contributed by atoms with Crippen LogP contribution in [0.1, 0.15) is 12.8 Å². The molecule has 0 atom stereocenters. The molecule has 0 aromatic carbocycles. The van der Waals surface area contributed by atoms with Crippen LogP contribution in [0, 0.1) is 0 Å². The van der Waals surface area contributed by atoms with Gasteiger partial charge in [-0.05, 0) is 30.5 Å². The highest BCUT2D eigenvalue weighted by Crippen LogP contribution is 2.15. The van der Waals surface area contributed by atoms with Gasteiger partial charge in [-0.25, -0.2) is 4.98 Å². The van der Waals surface area contributed by atoms with Crippen LogP contribution in [0.2, 0.25) is 5.28 Å². The molecule has 0 radical (unpaired) electrons. The van der Waals surface area contributed by atoms with Crippen LogP contribution in [0.4, 0.5) is 5.82 Å². The Morgan fingerprint density at radius 2 is 2.06 bits per heavy atom. The largest absolute Gasteiger partial charge is 0.302 e. The van der Waals surface area contributed by atoms with E-state index < -0.39 is 10.2 Å². The Morgan fingerprint density at radius 3 is 2.69 bits per heavy atom. The number of nitrogens with one attached hydrogen (secondary N) is 1. The first kappa shape index (κ1) is 11.6. The average molecular weight is 263 g/mol. The first-order valence-electron chi connectivity index (χ1n) is 4.84.